The SMILES string of the molecule is COCc1c[c]c2c3c(C(N)=O)cccc3n(Cc3cccc(Cl)c3F)c2c1. The molecule has 0 aliphatic heterocycles. The van der Waals surface area contributed by atoms with E-state index in [1.165, 1.54) is 6.07 Å². The van der Waals surface area contributed by atoms with Crippen LogP contribution in [0.5, 0.6) is 0 Å². The van der Waals surface area contributed by atoms with Gasteiger partial charge < -0.3 is 15.0 Å². The molecule has 1 radical (unpaired) electrons. The van der Waals surface area contributed by atoms with Gasteiger partial charge in [0.15, 0.2) is 0 Å². The predicted octanol–water partition coefficient (Wildman–Crippen LogP) is 4.68. The van der Waals surface area contributed by atoms with Crippen molar-refractivity contribution in [3.8, 4) is 0 Å². The lowest BCUT2D eigenvalue weighted by Gasteiger charge is -2.10. The number of benzene rings is 3. The third kappa shape index (κ3) is 3.03. The molecule has 0 saturated heterocycles. The minimum absolute atomic E-state index is 0.0720. The number of halogens is 2. The molecular weight excluding hydrogens is 379 g/mol. The van der Waals surface area contributed by atoms with Gasteiger partial charge in [-0.1, -0.05) is 29.8 Å². The van der Waals surface area contributed by atoms with Crippen molar-refractivity contribution >= 4 is 39.3 Å². The number of nitrogens with two attached hydrogens (primary N) is 1. The molecule has 28 heavy (non-hydrogen) atoms. The Balaban J connectivity index is 2.04. The van der Waals surface area contributed by atoms with Crippen LogP contribution in [0.1, 0.15) is 21.5 Å². The number of methoxy groups -OCH3 is 1. The predicted molar refractivity (Wildman–Crippen MR) is 108 cm³/mol. The van der Waals surface area contributed by atoms with Crippen molar-refractivity contribution < 1.29 is 13.9 Å². The van der Waals surface area contributed by atoms with Crippen LogP contribution < -0.4 is 5.73 Å². The molecule has 0 atom stereocenters. The van der Waals surface area contributed by atoms with Gasteiger partial charge in [-0.3, -0.25) is 4.79 Å². The fraction of sp³-hybridized carbons (Fsp3) is 0.136. The fourth-order valence-electron chi connectivity index (χ4n) is 3.57. The minimum atomic E-state index is -0.520. The standard InChI is InChI=1S/C22H17ClFN2O2/c1-28-12-13-8-9-15-19(10-13)26(11-14-4-2-6-17(23)21(14)24)18-7-3-5-16(20(15)18)22(25)27/h2-8,10H,11-12H2,1H3,(H2,25,27). The molecular formula is C22H17ClFN2O2. The van der Waals surface area contributed by atoms with Gasteiger partial charge in [0, 0.05) is 29.0 Å². The molecule has 1 aromatic heterocycles. The Bertz CT molecular complexity index is 1220. The van der Waals surface area contributed by atoms with E-state index in [-0.39, 0.29) is 11.6 Å². The topological polar surface area (TPSA) is 57.2 Å². The van der Waals surface area contributed by atoms with E-state index < -0.39 is 11.7 Å². The average molecular weight is 396 g/mol. The van der Waals surface area contributed by atoms with Crippen LogP contribution in [0.3, 0.4) is 0 Å². The zero-order chi connectivity index (χ0) is 19.8. The van der Waals surface area contributed by atoms with E-state index in [4.69, 9.17) is 22.1 Å². The zero-order valence-electron chi connectivity index (χ0n) is 15.1. The van der Waals surface area contributed by atoms with Crippen LogP contribution in [0, 0.1) is 11.9 Å². The van der Waals surface area contributed by atoms with Gasteiger partial charge in [-0.2, -0.15) is 0 Å². The van der Waals surface area contributed by atoms with Gasteiger partial charge in [0.1, 0.15) is 5.82 Å². The van der Waals surface area contributed by atoms with Crippen molar-refractivity contribution in [1.29, 1.82) is 0 Å². The maximum absolute atomic E-state index is 14.6. The van der Waals surface area contributed by atoms with Gasteiger partial charge in [0.25, 0.3) is 0 Å². The van der Waals surface area contributed by atoms with E-state index in [9.17, 15) is 9.18 Å². The van der Waals surface area contributed by atoms with Crippen LogP contribution >= 0.6 is 11.6 Å². The highest BCUT2D eigenvalue weighted by molar-refractivity contribution is 6.30. The summed E-state index contributed by atoms with van der Waals surface area (Å²) in [4.78, 5) is 12.0. The Labute approximate surface area is 166 Å². The molecule has 0 fully saturated rings. The zero-order valence-corrected chi connectivity index (χ0v) is 15.9. The number of ether oxygens (including phenoxy) is 1. The summed E-state index contributed by atoms with van der Waals surface area (Å²) in [5, 5.41) is 1.53. The maximum atomic E-state index is 14.6. The number of amides is 1. The normalized spacial score (nSPS) is 11.4. The summed E-state index contributed by atoms with van der Waals surface area (Å²) in [6, 6.07) is 17.3. The molecule has 0 bridgehead atoms. The van der Waals surface area contributed by atoms with Gasteiger partial charge in [-0.05, 0) is 42.0 Å². The summed E-state index contributed by atoms with van der Waals surface area (Å²) in [7, 11) is 1.62. The third-order valence-corrected chi connectivity index (χ3v) is 5.08. The summed E-state index contributed by atoms with van der Waals surface area (Å²) in [6.07, 6.45) is 0. The van der Waals surface area contributed by atoms with Gasteiger partial charge in [-0.25, -0.2) is 4.39 Å². The number of fused-ring (bicyclic) bond motifs is 3. The van der Waals surface area contributed by atoms with E-state index >= 15 is 0 Å². The Hall–Kier alpha value is -2.89. The molecule has 0 unspecified atom stereocenters. The van der Waals surface area contributed by atoms with E-state index in [0.29, 0.717) is 23.1 Å². The van der Waals surface area contributed by atoms with E-state index in [1.54, 1.807) is 31.4 Å². The number of rotatable bonds is 5. The van der Waals surface area contributed by atoms with Crippen LogP contribution in [0.15, 0.2) is 48.5 Å². The van der Waals surface area contributed by atoms with Crippen molar-refractivity contribution in [2.24, 2.45) is 5.73 Å². The smallest absolute Gasteiger partial charge is 0.249 e. The van der Waals surface area contributed by atoms with Crippen molar-refractivity contribution in [3.05, 3.63) is 82.1 Å². The van der Waals surface area contributed by atoms with Crippen molar-refractivity contribution in [3.63, 3.8) is 0 Å². The molecule has 1 amide bonds. The molecule has 141 valence electrons. The number of carbonyl (C=O) groups is 1. The number of primary amides is 1. The Kier molecular flexibility index (Phi) is 4.79. The number of nitrogens with zero attached hydrogens (tertiary/aromatic N) is 1. The Morgan fingerprint density at radius 2 is 2.04 bits per heavy atom. The summed E-state index contributed by atoms with van der Waals surface area (Å²) < 4.78 is 21.7. The Morgan fingerprint density at radius 3 is 2.79 bits per heavy atom. The van der Waals surface area contributed by atoms with E-state index in [0.717, 1.165) is 22.0 Å². The van der Waals surface area contributed by atoms with E-state index in [1.807, 2.05) is 22.8 Å². The highest BCUT2D eigenvalue weighted by Gasteiger charge is 2.18. The highest BCUT2D eigenvalue weighted by Crippen LogP contribution is 2.33. The first kappa shape index (κ1) is 18.5. The number of hydrogen-bond donors (Lipinski definition) is 1. The molecule has 2 N–H and O–H groups in total. The maximum Gasteiger partial charge on any atom is 0.249 e. The summed E-state index contributed by atoms with van der Waals surface area (Å²) in [5.41, 5.74) is 8.97. The molecule has 4 rings (SSSR count). The summed E-state index contributed by atoms with van der Waals surface area (Å²) >= 11 is 5.96. The lowest BCUT2D eigenvalue weighted by Crippen LogP contribution is -2.11. The average Bonchev–Trinajstić information content (AvgIpc) is 2.99. The first-order valence-corrected chi connectivity index (χ1v) is 9.06. The van der Waals surface area contributed by atoms with Crippen LogP contribution in [0.25, 0.3) is 21.8 Å². The monoisotopic (exact) mass is 395 g/mol. The van der Waals surface area contributed by atoms with Crippen molar-refractivity contribution in [2.75, 3.05) is 7.11 Å². The molecule has 6 heteroatoms. The number of carbonyl (C=O) groups excluding carboxylic acids is 1. The first-order valence-electron chi connectivity index (χ1n) is 8.68. The first-order chi connectivity index (χ1) is 13.5. The molecule has 3 aromatic carbocycles. The number of hydrogen-bond acceptors (Lipinski definition) is 2. The quantitative estimate of drug-likeness (QED) is 0.533. The second kappa shape index (κ2) is 7.26. The van der Waals surface area contributed by atoms with Crippen LogP contribution in [-0.2, 0) is 17.9 Å². The van der Waals surface area contributed by atoms with Crippen molar-refractivity contribution in [2.45, 2.75) is 13.2 Å². The molecule has 0 aliphatic rings. The summed E-state index contributed by atoms with van der Waals surface area (Å²) in [6.45, 7) is 0.668. The van der Waals surface area contributed by atoms with Gasteiger partial charge >= 0.3 is 0 Å². The van der Waals surface area contributed by atoms with Gasteiger partial charge in [0.05, 0.1) is 29.2 Å². The molecule has 0 saturated carbocycles. The highest BCUT2D eigenvalue weighted by atomic mass is 35.5. The molecule has 4 aromatic rings. The van der Waals surface area contributed by atoms with Crippen LogP contribution in [0.4, 0.5) is 4.39 Å². The van der Waals surface area contributed by atoms with E-state index in [2.05, 4.69) is 6.07 Å². The second-order valence-corrected chi connectivity index (χ2v) is 6.97. The lowest BCUT2D eigenvalue weighted by atomic mass is 10.0. The van der Waals surface area contributed by atoms with Crippen LogP contribution in [0.2, 0.25) is 5.02 Å². The lowest BCUT2D eigenvalue weighted by molar-refractivity contribution is 0.100. The second-order valence-electron chi connectivity index (χ2n) is 6.56. The third-order valence-electron chi connectivity index (χ3n) is 4.79. The number of aromatic nitrogens is 1. The fourth-order valence-corrected chi connectivity index (χ4v) is 3.76. The van der Waals surface area contributed by atoms with Crippen LogP contribution in [-0.4, -0.2) is 17.6 Å². The molecule has 0 aliphatic carbocycles. The summed E-state index contributed by atoms with van der Waals surface area (Å²) in [5.74, 6) is -0.977. The minimum Gasteiger partial charge on any atom is -0.380 e. The molecule has 0 spiro atoms. The van der Waals surface area contributed by atoms with Crippen molar-refractivity contribution in [1.82, 2.24) is 4.57 Å². The van der Waals surface area contributed by atoms with Gasteiger partial charge in [-0.15, -0.1) is 0 Å². The van der Waals surface area contributed by atoms with Gasteiger partial charge in [0.2, 0.25) is 5.91 Å². The largest absolute Gasteiger partial charge is 0.380 e. The molecule has 1 heterocycles. The Morgan fingerprint density at radius 1 is 1.25 bits per heavy atom. The molecule has 4 nitrogen and oxygen atoms in total.